The molecule has 1 unspecified atom stereocenters. The molecule has 1 atom stereocenters. The molecule has 2 N–H and O–H groups in total. The molecule has 4 aromatic rings. The lowest BCUT2D eigenvalue weighted by Gasteiger charge is -2.36. The van der Waals surface area contributed by atoms with Gasteiger partial charge in [0.25, 0.3) is 11.8 Å². The van der Waals surface area contributed by atoms with Crippen LogP contribution in [0.1, 0.15) is 38.7 Å². The van der Waals surface area contributed by atoms with Crippen LogP contribution >= 0.6 is 11.6 Å². The third kappa shape index (κ3) is 6.41. The summed E-state index contributed by atoms with van der Waals surface area (Å²) >= 11 is 6.49. The van der Waals surface area contributed by atoms with E-state index in [0.29, 0.717) is 31.7 Å². The van der Waals surface area contributed by atoms with Gasteiger partial charge in [-0.05, 0) is 25.1 Å². The highest BCUT2D eigenvalue weighted by Crippen LogP contribution is 2.37. The maximum absolute atomic E-state index is 14.0. The number of hydrogen-bond donors (Lipinski definition) is 2. The highest BCUT2D eigenvalue weighted by molar-refractivity contribution is 6.34. The largest absolute Gasteiger partial charge is 0.435 e. The number of aromatic amines is 1. The molecule has 2 aliphatic rings. The highest BCUT2D eigenvalue weighted by atomic mass is 35.5. The quantitative estimate of drug-likeness (QED) is 0.298. The number of hydrogen-bond acceptors (Lipinski definition) is 6. The van der Waals surface area contributed by atoms with E-state index in [2.05, 4.69) is 39.7 Å². The zero-order valence-corrected chi connectivity index (χ0v) is 27.6. The minimum atomic E-state index is -4.78. The molecule has 2 saturated heterocycles. The SMILES string of the molecule is Cc1cn[nH]c1-n1cc(-c2cnc(C(=O)Nc3ccc(C(=O)N4CCN(C(=O)C5CC[N+](C)(C)C5)CC4)c(Cl)c3)n2C)c(C(F)(F)F)n1. The zero-order valence-electron chi connectivity index (χ0n) is 26.8. The fraction of sp³-hybridized carbons (Fsp3) is 0.419. The van der Waals surface area contributed by atoms with Crippen LogP contribution in [0.15, 0.2) is 36.8 Å². The van der Waals surface area contributed by atoms with Crippen LogP contribution in [-0.4, -0.2) is 115 Å². The van der Waals surface area contributed by atoms with E-state index >= 15 is 0 Å². The number of piperazine rings is 1. The molecule has 5 heterocycles. The van der Waals surface area contributed by atoms with Crippen molar-refractivity contribution in [1.29, 1.82) is 0 Å². The molecule has 254 valence electrons. The van der Waals surface area contributed by atoms with Gasteiger partial charge in [-0.3, -0.25) is 19.5 Å². The summed E-state index contributed by atoms with van der Waals surface area (Å²) in [5.74, 6) is -0.731. The molecule has 3 amide bonds. The fourth-order valence-corrected chi connectivity index (χ4v) is 6.59. The standard InChI is InChI=1S/C31H34ClF3N10O3/c1-18-14-37-39-26(18)44-16-22(25(40-44)31(33,34)35)24-15-36-27(41(24)2)28(46)38-20-5-6-21(23(32)13-20)30(48)43-10-8-42(9-11-43)29(47)19-7-12-45(3,4)17-19/h5-6,13-16,19H,7-12,17H2,1-4H3,(H-,37,38,39,46,48)/p+1. The number of rotatable bonds is 6. The van der Waals surface area contributed by atoms with Crippen molar-refractivity contribution in [3.05, 3.63) is 64.5 Å². The normalized spacial score (nSPS) is 18.0. The molecule has 13 nitrogen and oxygen atoms in total. The number of imidazole rings is 1. The fourth-order valence-electron chi connectivity index (χ4n) is 6.33. The van der Waals surface area contributed by atoms with Crippen LogP contribution in [0.3, 0.4) is 0 Å². The monoisotopic (exact) mass is 687 g/mol. The Morgan fingerprint density at radius 3 is 2.40 bits per heavy atom. The van der Waals surface area contributed by atoms with Crippen molar-refractivity contribution in [3.8, 4) is 17.1 Å². The van der Waals surface area contributed by atoms with Crippen molar-refractivity contribution in [2.24, 2.45) is 13.0 Å². The zero-order chi connectivity index (χ0) is 34.5. The number of H-pyrrole nitrogens is 1. The molecule has 17 heteroatoms. The Kier molecular flexibility index (Phi) is 8.57. The summed E-state index contributed by atoms with van der Waals surface area (Å²) in [4.78, 5) is 47.1. The predicted molar refractivity (Wildman–Crippen MR) is 169 cm³/mol. The number of nitrogens with zero attached hydrogens (tertiary/aromatic N) is 8. The molecule has 48 heavy (non-hydrogen) atoms. The van der Waals surface area contributed by atoms with Gasteiger partial charge in [0, 0.05) is 57.1 Å². The number of nitrogens with one attached hydrogen (secondary N) is 2. The maximum atomic E-state index is 14.0. The Hall–Kier alpha value is -4.70. The Morgan fingerprint density at radius 2 is 1.79 bits per heavy atom. The van der Waals surface area contributed by atoms with E-state index in [-0.39, 0.29) is 56.9 Å². The van der Waals surface area contributed by atoms with Crippen molar-refractivity contribution < 1.29 is 32.0 Å². The Labute approximate surface area is 278 Å². The number of carbonyl (C=O) groups excluding carboxylic acids is 3. The number of anilines is 1. The number of benzene rings is 1. The smallest absolute Gasteiger partial charge is 0.339 e. The summed E-state index contributed by atoms with van der Waals surface area (Å²) in [6.45, 7) is 5.10. The van der Waals surface area contributed by atoms with Crippen LogP contribution in [0.2, 0.25) is 5.02 Å². The van der Waals surface area contributed by atoms with Crippen molar-refractivity contribution in [1.82, 2.24) is 39.3 Å². The van der Waals surface area contributed by atoms with Crippen molar-refractivity contribution in [2.45, 2.75) is 19.5 Å². The van der Waals surface area contributed by atoms with Gasteiger partial charge < -0.3 is 24.2 Å². The van der Waals surface area contributed by atoms with E-state index in [1.165, 1.54) is 48.4 Å². The molecule has 0 saturated carbocycles. The van der Waals surface area contributed by atoms with Crippen LogP contribution in [0.4, 0.5) is 18.9 Å². The van der Waals surface area contributed by atoms with Gasteiger partial charge >= 0.3 is 6.18 Å². The Bertz CT molecular complexity index is 1890. The lowest BCUT2D eigenvalue weighted by atomic mass is 10.1. The van der Waals surface area contributed by atoms with Gasteiger partial charge in [-0.2, -0.15) is 23.4 Å². The highest BCUT2D eigenvalue weighted by Gasteiger charge is 2.40. The molecule has 0 bridgehead atoms. The first-order valence-electron chi connectivity index (χ1n) is 15.3. The van der Waals surface area contributed by atoms with Gasteiger partial charge in [0.2, 0.25) is 5.91 Å². The predicted octanol–water partition coefficient (Wildman–Crippen LogP) is 3.61. The second-order valence-electron chi connectivity index (χ2n) is 12.9. The first kappa shape index (κ1) is 33.2. The molecule has 3 aromatic heterocycles. The van der Waals surface area contributed by atoms with Crippen molar-refractivity contribution >= 4 is 35.0 Å². The van der Waals surface area contributed by atoms with Crippen molar-refractivity contribution in [3.63, 3.8) is 0 Å². The lowest BCUT2D eigenvalue weighted by Crippen LogP contribution is -2.52. The molecule has 1 aromatic carbocycles. The van der Waals surface area contributed by atoms with E-state index in [1.54, 1.807) is 11.8 Å². The van der Waals surface area contributed by atoms with Crippen molar-refractivity contribution in [2.75, 3.05) is 58.7 Å². The first-order valence-corrected chi connectivity index (χ1v) is 15.7. The first-order chi connectivity index (χ1) is 22.6. The lowest BCUT2D eigenvalue weighted by molar-refractivity contribution is -0.878. The van der Waals surface area contributed by atoms with Crippen LogP contribution in [0.25, 0.3) is 17.1 Å². The number of alkyl halides is 3. The topological polar surface area (TPSA) is 134 Å². The summed E-state index contributed by atoms with van der Waals surface area (Å²) in [5, 5.41) is 13.0. The van der Waals surface area contributed by atoms with Crippen LogP contribution in [0.5, 0.6) is 0 Å². The minimum absolute atomic E-state index is 0.00467. The summed E-state index contributed by atoms with van der Waals surface area (Å²) in [6.07, 6.45) is -0.0880. The Balaban J connectivity index is 1.12. The number of carbonyl (C=O) groups is 3. The van der Waals surface area contributed by atoms with Gasteiger partial charge in [-0.25, -0.2) is 9.67 Å². The minimum Gasteiger partial charge on any atom is -0.339 e. The molecule has 2 aliphatic heterocycles. The summed E-state index contributed by atoms with van der Waals surface area (Å²) in [7, 11) is 5.67. The number of halogens is 4. The van der Waals surface area contributed by atoms with Crippen LogP contribution in [0, 0.1) is 12.8 Å². The third-order valence-electron chi connectivity index (χ3n) is 8.96. The summed E-state index contributed by atoms with van der Waals surface area (Å²) in [6, 6.07) is 4.44. The van der Waals surface area contributed by atoms with E-state index in [1.807, 2.05) is 4.90 Å². The maximum Gasteiger partial charge on any atom is 0.435 e. The molecular formula is C31H35ClF3N10O3+. The van der Waals surface area contributed by atoms with E-state index < -0.39 is 17.8 Å². The van der Waals surface area contributed by atoms with Gasteiger partial charge in [-0.15, -0.1) is 0 Å². The Morgan fingerprint density at radius 1 is 1.08 bits per heavy atom. The number of amides is 3. The van der Waals surface area contributed by atoms with Gasteiger partial charge in [0.1, 0.15) is 0 Å². The molecule has 0 aliphatic carbocycles. The van der Waals surface area contributed by atoms with Gasteiger partial charge in [0.15, 0.2) is 17.3 Å². The summed E-state index contributed by atoms with van der Waals surface area (Å²) in [5.41, 5.74) is -0.313. The summed E-state index contributed by atoms with van der Waals surface area (Å²) < 4.78 is 45.1. The van der Waals surface area contributed by atoms with Gasteiger partial charge in [-0.1, -0.05) is 11.6 Å². The average Bonchev–Trinajstić information content (AvgIpc) is 3.82. The van der Waals surface area contributed by atoms with E-state index in [4.69, 9.17) is 11.6 Å². The molecular weight excluding hydrogens is 653 g/mol. The molecule has 0 radical (unpaired) electrons. The average molecular weight is 688 g/mol. The molecule has 0 spiro atoms. The number of likely N-dealkylation sites (tertiary alicyclic amines) is 1. The molecule has 6 rings (SSSR count). The van der Waals surface area contributed by atoms with Gasteiger partial charge in [0.05, 0.1) is 67.3 Å². The van der Waals surface area contributed by atoms with E-state index in [0.717, 1.165) is 28.7 Å². The second-order valence-corrected chi connectivity index (χ2v) is 13.3. The van der Waals surface area contributed by atoms with Crippen LogP contribution < -0.4 is 5.32 Å². The number of aromatic nitrogens is 6. The molecule has 2 fully saturated rings. The number of aryl methyl sites for hydroxylation is 1. The van der Waals surface area contributed by atoms with E-state index in [9.17, 15) is 27.6 Å². The van der Waals surface area contributed by atoms with Crippen LogP contribution in [-0.2, 0) is 18.0 Å². The second kappa shape index (κ2) is 12.4. The third-order valence-corrected chi connectivity index (χ3v) is 9.28. The number of quaternary nitrogens is 1.